The third-order valence-corrected chi connectivity index (χ3v) is 16.0. The van der Waals surface area contributed by atoms with Gasteiger partial charge in [0.1, 0.15) is 29.8 Å². The Morgan fingerprint density at radius 1 is 1.00 bits per heavy atom. The Kier molecular flexibility index (Phi) is 10.1. The maximum Gasteiger partial charge on any atom is 0.316 e. The van der Waals surface area contributed by atoms with E-state index < -0.39 is 44.1 Å². The quantitative estimate of drug-likeness (QED) is 0.213. The van der Waals surface area contributed by atoms with E-state index in [0.717, 1.165) is 12.0 Å². The van der Waals surface area contributed by atoms with Crippen molar-refractivity contribution in [2.45, 2.75) is 135 Å². The third kappa shape index (κ3) is 6.28. The number of carbonyl (C=O) groups is 2. The van der Waals surface area contributed by atoms with Crippen molar-refractivity contribution in [1.29, 1.82) is 0 Å². The Labute approximate surface area is 253 Å². The minimum Gasteiger partial charge on any atom is -0.462 e. The molecule has 2 bridgehead atoms. The summed E-state index contributed by atoms with van der Waals surface area (Å²) in [5.41, 5.74) is 2.12. The number of aliphatic hydroxyl groups is 1. The van der Waals surface area contributed by atoms with Crippen molar-refractivity contribution in [2.75, 3.05) is 6.61 Å². The summed E-state index contributed by atoms with van der Waals surface area (Å²) in [6.45, 7) is 19.8. The molecule has 2 fully saturated rings. The average molecular weight is 601 g/mol. The number of carbonyl (C=O) groups excluding carboxylic acids is 2. The van der Waals surface area contributed by atoms with E-state index in [2.05, 4.69) is 67.5 Å². The summed E-state index contributed by atoms with van der Waals surface area (Å²) in [5, 5.41) is 12.6. The first-order valence-electron chi connectivity index (χ1n) is 15.8. The van der Waals surface area contributed by atoms with Gasteiger partial charge in [-0.3, -0.25) is 9.59 Å². The summed E-state index contributed by atoms with van der Waals surface area (Å²) in [6.07, 6.45) is 9.64. The second-order valence-corrected chi connectivity index (χ2v) is 19.4. The molecule has 7 atom stereocenters. The summed E-state index contributed by atoms with van der Waals surface area (Å²) in [4.78, 5) is 26.4. The maximum atomic E-state index is 13.9. The number of fused-ring (bicyclic) bond motifs is 2. The summed E-state index contributed by atoms with van der Waals surface area (Å²) >= 11 is 0. The molecule has 0 aromatic rings. The molecule has 1 aliphatic carbocycles. The van der Waals surface area contributed by atoms with Crippen LogP contribution in [0, 0.1) is 11.8 Å². The van der Waals surface area contributed by atoms with Crippen molar-refractivity contribution in [3.63, 3.8) is 0 Å². The van der Waals surface area contributed by atoms with Gasteiger partial charge in [0.2, 0.25) is 8.32 Å². The van der Waals surface area contributed by atoms with Crippen molar-refractivity contribution in [3.05, 3.63) is 47.1 Å². The maximum absolute atomic E-state index is 13.9. The van der Waals surface area contributed by atoms with Crippen LogP contribution in [-0.4, -0.2) is 62.0 Å². The van der Waals surface area contributed by atoms with Gasteiger partial charge in [0.25, 0.3) is 0 Å². The zero-order valence-electron chi connectivity index (χ0n) is 27.0. The number of allylic oxidation sites excluding steroid dienone is 4. The van der Waals surface area contributed by atoms with Crippen molar-refractivity contribution in [1.82, 2.24) is 0 Å². The molecule has 0 unspecified atom stereocenters. The lowest BCUT2D eigenvalue weighted by Gasteiger charge is -2.49. The predicted octanol–water partition coefficient (Wildman–Crippen LogP) is 6.73. The highest BCUT2D eigenvalue weighted by Crippen LogP contribution is 2.50. The van der Waals surface area contributed by atoms with E-state index in [1.54, 1.807) is 0 Å². The largest absolute Gasteiger partial charge is 0.462 e. The molecule has 1 N–H and O–H groups in total. The van der Waals surface area contributed by atoms with Gasteiger partial charge >= 0.3 is 11.9 Å². The van der Waals surface area contributed by atoms with Crippen LogP contribution < -0.4 is 0 Å². The van der Waals surface area contributed by atoms with Crippen LogP contribution in [0.4, 0.5) is 0 Å². The van der Waals surface area contributed by atoms with Gasteiger partial charge < -0.3 is 23.7 Å². The number of hydrogen-bond acceptors (Lipinski definition) is 7. The number of ether oxygens (including phenoxy) is 3. The van der Waals surface area contributed by atoms with Crippen LogP contribution in [-0.2, 0) is 28.2 Å². The molecular weight excluding hydrogens is 548 g/mol. The topological polar surface area (TPSA) is 91.3 Å². The molecule has 42 heavy (non-hydrogen) atoms. The van der Waals surface area contributed by atoms with Gasteiger partial charge in [0.05, 0.1) is 19.1 Å². The fraction of sp³-hybridized carbons (Fsp3) is 0.706. The van der Waals surface area contributed by atoms with Gasteiger partial charge in [-0.05, 0) is 54.0 Å². The second-order valence-electron chi connectivity index (χ2n) is 14.0. The van der Waals surface area contributed by atoms with Crippen molar-refractivity contribution in [2.24, 2.45) is 11.8 Å². The summed E-state index contributed by atoms with van der Waals surface area (Å²) < 4.78 is 25.2. The summed E-state index contributed by atoms with van der Waals surface area (Å²) in [5.74, 6) is -1.64. The molecule has 0 aromatic carbocycles. The van der Waals surface area contributed by atoms with E-state index in [1.165, 1.54) is 5.57 Å². The van der Waals surface area contributed by atoms with E-state index >= 15 is 0 Å². The predicted molar refractivity (Wildman–Crippen MR) is 166 cm³/mol. The molecule has 234 valence electrons. The number of hydrogen-bond donors (Lipinski definition) is 1. The Hall–Kier alpha value is -2.00. The third-order valence-electron chi connectivity index (χ3n) is 9.90. The Morgan fingerprint density at radius 3 is 2.31 bits per heavy atom. The smallest absolute Gasteiger partial charge is 0.316 e. The van der Waals surface area contributed by atoms with Crippen molar-refractivity contribution < 1.29 is 33.3 Å². The Balaban J connectivity index is 1.79. The lowest BCUT2D eigenvalue weighted by atomic mass is 9.71. The SMILES string of the molecule is CC1=C[C@H]2C(=O)O[C@@H]3CC(=O)O[C@H](C/C=C(\C)C[C@@H](C)/C=C/C=C4\CO[C@H]([C@@H]1O[Si](C(C)C)(C(C)C)C(C)C)[C@@]42O)C3. The highest BCUT2D eigenvalue weighted by atomic mass is 28.4. The normalized spacial score (nSPS) is 37.8. The van der Waals surface area contributed by atoms with Crippen LogP contribution in [0.1, 0.15) is 88.0 Å². The molecule has 4 aliphatic rings. The van der Waals surface area contributed by atoms with E-state index in [1.807, 2.05) is 25.2 Å². The van der Waals surface area contributed by atoms with Crippen molar-refractivity contribution in [3.8, 4) is 0 Å². The fourth-order valence-electron chi connectivity index (χ4n) is 7.91. The van der Waals surface area contributed by atoms with Crippen LogP contribution >= 0.6 is 0 Å². The van der Waals surface area contributed by atoms with Gasteiger partial charge in [-0.25, -0.2) is 0 Å². The van der Waals surface area contributed by atoms with Gasteiger partial charge in [0.15, 0.2) is 0 Å². The first kappa shape index (κ1) is 32.9. The van der Waals surface area contributed by atoms with Crippen molar-refractivity contribution >= 4 is 20.3 Å². The molecule has 8 heteroatoms. The molecule has 0 aromatic heterocycles. The molecule has 3 aliphatic heterocycles. The first-order valence-corrected chi connectivity index (χ1v) is 18.0. The molecule has 0 saturated carbocycles. The second kappa shape index (κ2) is 12.9. The van der Waals surface area contributed by atoms with Gasteiger partial charge in [-0.15, -0.1) is 0 Å². The summed E-state index contributed by atoms with van der Waals surface area (Å²) in [6, 6.07) is 0. The van der Waals surface area contributed by atoms with Gasteiger partial charge in [0, 0.05) is 12.8 Å². The van der Waals surface area contributed by atoms with E-state index in [-0.39, 0.29) is 31.0 Å². The molecule has 2 saturated heterocycles. The van der Waals surface area contributed by atoms with Gasteiger partial charge in [-0.2, -0.15) is 0 Å². The van der Waals surface area contributed by atoms with Crippen LogP contribution in [0.15, 0.2) is 47.1 Å². The minimum absolute atomic E-state index is 0.0121. The van der Waals surface area contributed by atoms with E-state index in [0.29, 0.717) is 35.0 Å². The molecule has 4 rings (SSSR count). The molecule has 3 heterocycles. The monoisotopic (exact) mass is 600 g/mol. The van der Waals surface area contributed by atoms with Gasteiger partial charge in [-0.1, -0.05) is 84.4 Å². The molecule has 0 amide bonds. The fourth-order valence-corrected chi connectivity index (χ4v) is 13.5. The van der Waals surface area contributed by atoms with Crippen LogP contribution in [0.5, 0.6) is 0 Å². The van der Waals surface area contributed by atoms with Crippen LogP contribution in [0.3, 0.4) is 0 Å². The zero-order valence-corrected chi connectivity index (χ0v) is 28.0. The molecule has 0 radical (unpaired) electrons. The summed E-state index contributed by atoms with van der Waals surface area (Å²) in [7, 11) is -2.36. The molecule has 7 nitrogen and oxygen atoms in total. The number of rotatable bonds is 5. The molecular formula is C34H52O7Si. The van der Waals surface area contributed by atoms with Crippen LogP contribution in [0.2, 0.25) is 16.6 Å². The highest BCUT2D eigenvalue weighted by molar-refractivity contribution is 6.77. The highest BCUT2D eigenvalue weighted by Gasteiger charge is 2.62. The van der Waals surface area contributed by atoms with Crippen LogP contribution in [0.25, 0.3) is 0 Å². The Bertz CT molecular complexity index is 1130. The standard InChI is InChI=1S/C34H52O7Si/c1-20(2)42(21(3)4,22(5)6)41-31-25(9)16-29-33(36)40-28-17-27(39-30(35)18-28)14-13-24(8)15-23(7)11-10-12-26-19-38-32(31)34(26,29)37/h10-13,16,20-23,27-29,31-32,37H,14-15,17-19H2,1-9H3/b11-10+,24-13+,26-12+/t23-,27+,28-,29-,31+,32+,34+/m0/s1. The van der Waals surface area contributed by atoms with E-state index in [4.69, 9.17) is 18.6 Å². The lowest BCUT2D eigenvalue weighted by Crippen LogP contribution is -2.61. The minimum atomic E-state index is -2.36. The first-order chi connectivity index (χ1) is 19.7. The molecule has 0 spiro atoms. The van der Waals surface area contributed by atoms with E-state index in [9.17, 15) is 14.7 Å². The lowest BCUT2D eigenvalue weighted by molar-refractivity contribution is -0.178. The number of esters is 2. The zero-order chi connectivity index (χ0) is 31.0. The Morgan fingerprint density at radius 2 is 1.67 bits per heavy atom. The average Bonchev–Trinajstić information content (AvgIpc) is 3.22.